The van der Waals surface area contributed by atoms with E-state index in [-0.39, 0.29) is 28.7 Å². The zero-order valence-electron chi connectivity index (χ0n) is 13.3. The second kappa shape index (κ2) is 6.19. The van der Waals surface area contributed by atoms with Gasteiger partial charge in [-0.15, -0.1) is 0 Å². The lowest BCUT2D eigenvalue weighted by Gasteiger charge is -2.15. The smallest absolute Gasteiger partial charge is 0.300 e. The topological polar surface area (TPSA) is 125 Å². The van der Waals surface area contributed by atoms with E-state index in [4.69, 9.17) is 0 Å². The van der Waals surface area contributed by atoms with Gasteiger partial charge in [-0.1, -0.05) is 13.8 Å². The summed E-state index contributed by atoms with van der Waals surface area (Å²) in [6, 6.07) is 3.18. The maximum absolute atomic E-state index is 12.2. The molecule has 1 heterocycles. The lowest BCUT2D eigenvalue weighted by molar-refractivity contribution is -0.393. The fraction of sp³-hybridized carbons (Fsp3) is 0.333. The second-order valence-corrected chi connectivity index (χ2v) is 5.41. The number of hydrogen-bond acceptors (Lipinski definition) is 6. The van der Waals surface area contributed by atoms with Gasteiger partial charge in [-0.3, -0.25) is 29.8 Å². The molecule has 9 heteroatoms. The summed E-state index contributed by atoms with van der Waals surface area (Å²) in [5, 5.41) is 22.6. The van der Waals surface area contributed by atoms with E-state index in [1.807, 2.05) is 0 Å². The summed E-state index contributed by atoms with van der Waals surface area (Å²) < 4.78 is 1.06. The number of carbonyl (C=O) groups is 1. The third-order valence-electron chi connectivity index (χ3n) is 4.04. The van der Waals surface area contributed by atoms with Crippen LogP contribution in [-0.2, 0) is 11.8 Å². The van der Waals surface area contributed by atoms with E-state index in [0.717, 1.165) is 16.7 Å². The standard InChI is InChI=1S/C15H15N3O6/c1-4-13(19)8(2)10-7-14(20)16(3)15-11(10)5-9(17(21)22)6-12(15)18(23)24/h5-8H,4H2,1-3H3. The molecule has 0 bridgehead atoms. The van der Waals surface area contributed by atoms with Crippen LogP contribution >= 0.6 is 0 Å². The highest BCUT2D eigenvalue weighted by molar-refractivity contribution is 5.97. The Kier molecular flexibility index (Phi) is 4.45. The van der Waals surface area contributed by atoms with Crippen molar-refractivity contribution in [1.29, 1.82) is 0 Å². The first kappa shape index (κ1) is 17.3. The van der Waals surface area contributed by atoms with Gasteiger partial charge < -0.3 is 4.57 Å². The zero-order valence-corrected chi connectivity index (χ0v) is 13.3. The molecule has 0 saturated carbocycles. The number of non-ortho nitro benzene ring substituents is 2. The molecule has 1 aromatic carbocycles. The van der Waals surface area contributed by atoms with Gasteiger partial charge in [0.2, 0.25) is 0 Å². The lowest BCUT2D eigenvalue weighted by Crippen LogP contribution is -2.20. The highest BCUT2D eigenvalue weighted by Gasteiger charge is 2.26. The summed E-state index contributed by atoms with van der Waals surface area (Å²) in [6.45, 7) is 3.23. The number of hydrogen-bond donors (Lipinski definition) is 0. The Morgan fingerprint density at radius 2 is 1.83 bits per heavy atom. The molecule has 0 spiro atoms. The van der Waals surface area contributed by atoms with Crippen molar-refractivity contribution in [2.24, 2.45) is 7.05 Å². The van der Waals surface area contributed by atoms with Crippen LogP contribution < -0.4 is 5.56 Å². The van der Waals surface area contributed by atoms with Crippen molar-refractivity contribution < 1.29 is 14.6 Å². The average Bonchev–Trinajstić information content (AvgIpc) is 2.55. The first-order valence-electron chi connectivity index (χ1n) is 7.18. The average molecular weight is 333 g/mol. The minimum Gasteiger partial charge on any atom is -0.305 e. The number of pyridine rings is 1. The van der Waals surface area contributed by atoms with Gasteiger partial charge in [-0.2, -0.15) is 0 Å². The third kappa shape index (κ3) is 2.75. The number of nitrogens with zero attached hydrogens (tertiary/aromatic N) is 3. The summed E-state index contributed by atoms with van der Waals surface area (Å²) in [4.78, 5) is 45.1. The number of Topliss-reactive ketones (excluding diaryl/α,β-unsaturated/α-hetero) is 1. The van der Waals surface area contributed by atoms with Crippen molar-refractivity contribution in [2.75, 3.05) is 0 Å². The normalized spacial score (nSPS) is 12.1. The summed E-state index contributed by atoms with van der Waals surface area (Å²) in [5.74, 6) is -0.869. The van der Waals surface area contributed by atoms with Crippen molar-refractivity contribution in [2.45, 2.75) is 26.2 Å². The number of aryl methyl sites for hydroxylation is 1. The van der Waals surface area contributed by atoms with E-state index >= 15 is 0 Å². The van der Waals surface area contributed by atoms with E-state index in [1.54, 1.807) is 13.8 Å². The quantitative estimate of drug-likeness (QED) is 0.611. The Labute approximate surface area is 135 Å². The van der Waals surface area contributed by atoms with Crippen molar-refractivity contribution >= 4 is 28.1 Å². The van der Waals surface area contributed by atoms with Gasteiger partial charge in [0.25, 0.3) is 16.9 Å². The number of aromatic nitrogens is 1. The van der Waals surface area contributed by atoms with Crippen LogP contribution in [0.1, 0.15) is 31.7 Å². The molecule has 1 atom stereocenters. The number of nitro groups is 2. The van der Waals surface area contributed by atoms with E-state index < -0.39 is 32.7 Å². The fourth-order valence-corrected chi connectivity index (χ4v) is 2.68. The van der Waals surface area contributed by atoms with Crippen LogP contribution in [0.25, 0.3) is 10.9 Å². The predicted octanol–water partition coefficient (Wildman–Crippen LogP) is 2.44. The number of fused-ring (bicyclic) bond motifs is 1. The number of carbonyl (C=O) groups excluding carboxylic acids is 1. The summed E-state index contributed by atoms with van der Waals surface area (Å²) in [7, 11) is 1.35. The monoisotopic (exact) mass is 333 g/mol. The van der Waals surface area contributed by atoms with E-state index in [0.29, 0.717) is 0 Å². The van der Waals surface area contributed by atoms with E-state index in [1.165, 1.54) is 13.1 Å². The molecule has 0 amide bonds. The molecule has 0 N–H and O–H groups in total. The molecule has 24 heavy (non-hydrogen) atoms. The van der Waals surface area contributed by atoms with Crippen LogP contribution in [0.3, 0.4) is 0 Å². The summed E-state index contributed by atoms with van der Waals surface area (Å²) in [6.07, 6.45) is 0.217. The van der Waals surface area contributed by atoms with Gasteiger partial charge in [0.1, 0.15) is 11.3 Å². The van der Waals surface area contributed by atoms with Crippen molar-refractivity contribution in [3.05, 3.63) is 54.3 Å². The van der Waals surface area contributed by atoms with E-state index in [2.05, 4.69) is 0 Å². The Hall–Kier alpha value is -3.10. The highest BCUT2D eigenvalue weighted by atomic mass is 16.6. The third-order valence-corrected chi connectivity index (χ3v) is 4.04. The molecular formula is C15H15N3O6. The van der Waals surface area contributed by atoms with Crippen molar-refractivity contribution in [3.63, 3.8) is 0 Å². The van der Waals surface area contributed by atoms with Gasteiger partial charge in [0.05, 0.1) is 15.9 Å². The number of nitro benzene ring substituents is 2. The fourth-order valence-electron chi connectivity index (χ4n) is 2.68. The molecule has 0 radical (unpaired) electrons. The number of benzene rings is 1. The molecule has 0 aliphatic rings. The second-order valence-electron chi connectivity index (χ2n) is 5.41. The van der Waals surface area contributed by atoms with Crippen LogP contribution in [0.4, 0.5) is 11.4 Å². The van der Waals surface area contributed by atoms with Gasteiger partial charge >= 0.3 is 0 Å². The Morgan fingerprint density at radius 1 is 1.21 bits per heavy atom. The van der Waals surface area contributed by atoms with Crippen LogP contribution in [0.15, 0.2) is 23.0 Å². The predicted molar refractivity (Wildman–Crippen MR) is 86.2 cm³/mol. The Bertz CT molecular complexity index is 931. The molecule has 0 aliphatic carbocycles. The lowest BCUT2D eigenvalue weighted by atomic mass is 9.92. The maximum Gasteiger partial charge on any atom is 0.300 e. The molecule has 0 aliphatic heterocycles. The summed E-state index contributed by atoms with van der Waals surface area (Å²) in [5.41, 5.74) is -1.32. The summed E-state index contributed by atoms with van der Waals surface area (Å²) >= 11 is 0. The first-order valence-corrected chi connectivity index (χ1v) is 7.18. The van der Waals surface area contributed by atoms with Crippen LogP contribution in [-0.4, -0.2) is 20.2 Å². The molecule has 126 valence electrons. The Morgan fingerprint density at radius 3 is 2.33 bits per heavy atom. The molecule has 1 unspecified atom stereocenters. The number of rotatable bonds is 5. The van der Waals surface area contributed by atoms with Gasteiger partial charge in [0.15, 0.2) is 0 Å². The first-order chi connectivity index (χ1) is 11.2. The minimum absolute atomic E-state index is 0.0381. The van der Waals surface area contributed by atoms with Crippen LogP contribution in [0.5, 0.6) is 0 Å². The van der Waals surface area contributed by atoms with E-state index in [9.17, 15) is 29.8 Å². The van der Waals surface area contributed by atoms with Gasteiger partial charge in [-0.05, 0) is 5.56 Å². The Balaban J connectivity index is 3.02. The van der Waals surface area contributed by atoms with Gasteiger partial charge in [0, 0.05) is 36.9 Å². The molecule has 0 fully saturated rings. The SMILES string of the molecule is CCC(=O)C(C)c1cc(=O)n(C)c2c([N+](=O)[O-])cc([N+](=O)[O-])cc12. The zero-order chi connectivity index (χ0) is 18.2. The molecule has 9 nitrogen and oxygen atoms in total. The largest absolute Gasteiger partial charge is 0.305 e. The maximum atomic E-state index is 12.2. The van der Waals surface area contributed by atoms with Crippen molar-refractivity contribution in [1.82, 2.24) is 4.57 Å². The van der Waals surface area contributed by atoms with Crippen LogP contribution in [0.2, 0.25) is 0 Å². The molecule has 2 rings (SSSR count). The minimum atomic E-state index is -0.773. The highest BCUT2D eigenvalue weighted by Crippen LogP contribution is 2.34. The van der Waals surface area contributed by atoms with Crippen molar-refractivity contribution in [3.8, 4) is 0 Å². The van der Waals surface area contributed by atoms with Gasteiger partial charge in [-0.25, -0.2) is 0 Å². The number of ketones is 1. The van der Waals surface area contributed by atoms with Crippen LogP contribution in [0, 0.1) is 20.2 Å². The molecular weight excluding hydrogens is 318 g/mol. The molecule has 1 aromatic heterocycles. The molecule has 0 saturated heterocycles. The molecule has 2 aromatic rings.